The molecule has 30 heavy (non-hydrogen) atoms. The smallest absolute Gasteiger partial charge is 0.115 e. The number of nitrogens with zero attached hydrogens (tertiary/aromatic N) is 4. The van der Waals surface area contributed by atoms with Gasteiger partial charge in [0.1, 0.15) is 6.33 Å². The van der Waals surface area contributed by atoms with E-state index in [1.54, 1.807) is 6.33 Å². The average Bonchev–Trinajstić information content (AvgIpc) is 2.76. The van der Waals surface area contributed by atoms with Crippen LogP contribution >= 0.6 is 0 Å². The van der Waals surface area contributed by atoms with E-state index in [1.165, 1.54) is 18.4 Å². The summed E-state index contributed by atoms with van der Waals surface area (Å²) in [4.78, 5) is 13.4. The minimum Gasteiger partial charge on any atom is -0.395 e. The molecule has 0 saturated carbocycles. The molecule has 5 nitrogen and oxygen atoms in total. The Morgan fingerprint density at radius 2 is 1.87 bits per heavy atom. The first-order chi connectivity index (χ1) is 14.8. The number of rotatable bonds is 5. The zero-order valence-electron chi connectivity index (χ0n) is 17.9. The lowest BCUT2D eigenvalue weighted by atomic mass is 9.74. The van der Waals surface area contributed by atoms with Crippen molar-refractivity contribution in [2.75, 3.05) is 26.2 Å². The Balaban J connectivity index is 1.50. The fourth-order valence-corrected chi connectivity index (χ4v) is 4.90. The first-order valence-corrected chi connectivity index (χ1v) is 11.2. The molecule has 1 aromatic carbocycles. The Bertz CT molecular complexity index is 858. The van der Waals surface area contributed by atoms with Crippen LogP contribution in [0.15, 0.2) is 43.0 Å². The van der Waals surface area contributed by atoms with Gasteiger partial charge < -0.3 is 5.11 Å². The number of aromatic nitrogens is 2. The van der Waals surface area contributed by atoms with Gasteiger partial charge in [-0.25, -0.2) is 9.97 Å². The molecule has 0 radical (unpaired) electrons. The third-order valence-electron chi connectivity index (χ3n) is 6.38. The fraction of sp³-hybridized carbons (Fsp3) is 0.520. The summed E-state index contributed by atoms with van der Waals surface area (Å²) in [5, 5.41) is 10.1. The summed E-state index contributed by atoms with van der Waals surface area (Å²) in [5.41, 5.74) is 3.56. The molecule has 0 amide bonds. The van der Waals surface area contributed by atoms with Crippen LogP contribution < -0.4 is 0 Å². The summed E-state index contributed by atoms with van der Waals surface area (Å²) in [6.45, 7) is 6.43. The highest BCUT2D eigenvalue weighted by Gasteiger charge is 2.48. The Morgan fingerprint density at radius 3 is 2.60 bits per heavy atom. The van der Waals surface area contributed by atoms with Crippen molar-refractivity contribution in [1.29, 1.82) is 0 Å². The van der Waals surface area contributed by atoms with Crippen molar-refractivity contribution in [3.8, 4) is 11.8 Å². The minimum atomic E-state index is 0.214. The maximum Gasteiger partial charge on any atom is 0.115 e. The van der Waals surface area contributed by atoms with Gasteiger partial charge in [-0.3, -0.25) is 9.80 Å². The summed E-state index contributed by atoms with van der Waals surface area (Å²) in [6.07, 6.45) is 9.80. The third kappa shape index (κ3) is 4.73. The predicted molar refractivity (Wildman–Crippen MR) is 119 cm³/mol. The van der Waals surface area contributed by atoms with E-state index in [0.717, 1.165) is 50.1 Å². The van der Waals surface area contributed by atoms with Gasteiger partial charge in [-0.15, -0.1) is 0 Å². The molecule has 2 fully saturated rings. The molecule has 2 saturated heterocycles. The molecule has 3 atom stereocenters. The van der Waals surface area contributed by atoms with Gasteiger partial charge in [-0.05, 0) is 50.0 Å². The number of aliphatic hydroxyl groups is 1. The second-order valence-corrected chi connectivity index (χ2v) is 8.44. The van der Waals surface area contributed by atoms with E-state index in [2.05, 4.69) is 62.8 Å². The molecular weight excluding hydrogens is 372 g/mol. The van der Waals surface area contributed by atoms with Gasteiger partial charge in [0.05, 0.1) is 6.61 Å². The SMILES string of the molecule is CCCC#Cc1ccc([C@H]2[C@@H](CO)N3CCCCN(Cc4cncnc4)C[C@@H]23)cc1. The van der Waals surface area contributed by atoms with Crippen LogP contribution in [0.25, 0.3) is 0 Å². The molecule has 158 valence electrons. The van der Waals surface area contributed by atoms with Gasteiger partial charge in [0.2, 0.25) is 0 Å². The van der Waals surface area contributed by atoms with Gasteiger partial charge >= 0.3 is 0 Å². The van der Waals surface area contributed by atoms with E-state index < -0.39 is 0 Å². The maximum absolute atomic E-state index is 10.1. The Morgan fingerprint density at radius 1 is 1.10 bits per heavy atom. The van der Waals surface area contributed by atoms with Crippen LogP contribution in [0.4, 0.5) is 0 Å². The molecule has 0 spiro atoms. The Hall–Kier alpha value is -2.26. The molecule has 0 aliphatic carbocycles. The van der Waals surface area contributed by atoms with Crippen LogP contribution in [0.2, 0.25) is 0 Å². The second-order valence-electron chi connectivity index (χ2n) is 8.44. The summed E-state index contributed by atoms with van der Waals surface area (Å²) in [6, 6.07) is 9.36. The van der Waals surface area contributed by atoms with Crippen LogP contribution in [0, 0.1) is 11.8 Å². The van der Waals surface area contributed by atoms with Gasteiger partial charge in [0, 0.05) is 61.0 Å². The highest BCUT2D eigenvalue weighted by molar-refractivity contribution is 5.39. The lowest BCUT2D eigenvalue weighted by Crippen LogP contribution is -2.67. The molecule has 2 aliphatic rings. The van der Waals surface area contributed by atoms with Crippen molar-refractivity contribution >= 4 is 0 Å². The summed E-state index contributed by atoms with van der Waals surface area (Å²) in [5.74, 6) is 6.84. The molecule has 2 aromatic rings. The normalized spacial score (nSPS) is 24.7. The van der Waals surface area contributed by atoms with Crippen molar-refractivity contribution in [3.05, 3.63) is 59.7 Å². The topological polar surface area (TPSA) is 52.5 Å². The number of aliphatic hydroxyl groups excluding tert-OH is 1. The predicted octanol–water partition coefficient (Wildman–Crippen LogP) is 3.05. The van der Waals surface area contributed by atoms with Crippen LogP contribution in [-0.2, 0) is 6.54 Å². The van der Waals surface area contributed by atoms with E-state index in [9.17, 15) is 5.11 Å². The van der Waals surface area contributed by atoms with Gasteiger partial charge in [-0.2, -0.15) is 0 Å². The summed E-state index contributed by atoms with van der Waals surface area (Å²) >= 11 is 0. The molecule has 0 unspecified atom stereocenters. The van der Waals surface area contributed by atoms with Gasteiger partial charge in [0.25, 0.3) is 0 Å². The molecule has 3 heterocycles. The van der Waals surface area contributed by atoms with E-state index in [0.29, 0.717) is 12.0 Å². The monoisotopic (exact) mass is 404 g/mol. The minimum absolute atomic E-state index is 0.214. The number of unbranched alkanes of at least 4 members (excludes halogenated alkanes) is 1. The van der Waals surface area contributed by atoms with Gasteiger partial charge in [0.15, 0.2) is 0 Å². The lowest BCUT2D eigenvalue weighted by Gasteiger charge is -2.57. The quantitative estimate of drug-likeness (QED) is 0.777. The molecular formula is C25H32N4O. The van der Waals surface area contributed by atoms with E-state index in [4.69, 9.17) is 0 Å². The first kappa shape index (κ1) is 21.0. The number of hydrogen-bond donors (Lipinski definition) is 1. The van der Waals surface area contributed by atoms with E-state index >= 15 is 0 Å². The first-order valence-electron chi connectivity index (χ1n) is 11.2. The molecule has 1 N–H and O–H groups in total. The molecule has 1 aromatic heterocycles. The van der Waals surface area contributed by atoms with Crippen molar-refractivity contribution in [2.45, 2.75) is 57.2 Å². The Labute approximate surface area is 180 Å². The van der Waals surface area contributed by atoms with Crippen molar-refractivity contribution in [3.63, 3.8) is 0 Å². The lowest BCUT2D eigenvalue weighted by molar-refractivity contribution is -0.0655. The Kier molecular flexibility index (Phi) is 7.11. The zero-order chi connectivity index (χ0) is 20.8. The molecule has 4 rings (SSSR count). The molecule has 0 bridgehead atoms. The van der Waals surface area contributed by atoms with Crippen molar-refractivity contribution < 1.29 is 5.11 Å². The number of fused-ring (bicyclic) bond motifs is 1. The van der Waals surface area contributed by atoms with Crippen LogP contribution in [0.1, 0.15) is 55.2 Å². The number of hydrogen-bond acceptors (Lipinski definition) is 5. The zero-order valence-corrected chi connectivity index (χ0v) is 17.9. The van der Waals surface area contributed by atoms with Crippen LogP contribution in [0.5, 0.6) is 0 Å². The highest BCUT2D eigenvalue weighted by Crippen LogP contribution is 2.42. The number of benzene rings is 1. The maximum atomic E-state index is 10.1. The van der Waals surface area contributed by atoms with Crippen molar-refractivity contribution in [2.24, 2.45) is 0 Å². The fourth-order valence-electron chi connectivity index (χ4n) is 4.90. The molecule has 5 heteroatoms. The summed E-state index contributed by atoms with van der Waals surface area (Å²) in [7, 11) is 0. The highest BCUT2D eigenvalue weighted by atomic mass is 16.3. The average molecular weight is 405 g/mol. The standard InChI is InChI=1S/C25H32N4O/c1-2-3-4-7-20-8-10-22(11-9-20)25-23-17-28(16-21-14-26-19-27-15-21)12-5-6-13-29(23)24(25)18-30/h8-11,14-15,19,23-25,30H,2-3,5-6,12-13,16-18H2,1H3/t23-,24+,25+/m0/s1. The van der Waals surface area contributed by atoms with Crippen LogP contribution in [-0.4, -0.2) is 63.2 Å². The molecule has 2 aliphatic heterocycles. The third-order valence-corrected chi connectivity index (χ3v) is 6.38. The van der Waals surface area contributed by atoms with Crippen molar-refractivity contribution in [1.82, 2.24) is 19.8 Å². The second kappa shape index (κ2) is 10.2. The summed E-state index contributed by atoms with van der Waals surface area (Å²) < 4.78 is 0. The van der Waals surface area contributed by atoms with Crippen LogP contribution in [0.3, 0.4) is 0 Å². The van der Waals surface area contributed by atoms with Gasteiger partial charge in [-0.1, -0.05) is 30.9 Å². The van der Waals surface area contributed by atoms with E-state index in [-0.39, 0.29) is 12.6 Å². The van der Waals surface area contributed by atoms with E-state index in [1.807, 2.05) is 12.4 Å². The largest absolute Gasteiger partial charge is 0.395 e.